The van der Waals surface area contributed by atoms with Crippen molar-refractivity contribution in [1.82, 2.24) is 0 Å². The molecule has 0 aliphatic carbocycles. The van der Waals surface area contributed by atoms with E-state index in [9.17, 15) is 0 Å². The van der Waals surface area contributed by atoms with Crippen LogP contribution in [0.5, 0.6) is 0 Å². The summed E-state index contributed by atoms with van der Waals surface area (Å²) in [4.78, 5) is 0. The van der Waals surface area contributed by atoms with Gasteiger partial charge in [0.1, 0.15) is 0 Å². The fourth-order valence-corrected chi connectivity index (χ4v) is 0.478. The second kappa shape index (κ2) is 3.68. The Morgan fingerprint density at radius 3 is 1.75 bits per heavy atom. The summed E-state index contributed by atoms with van der Waals surface area (Å²) in [5.41, 5.74) is 1.07. The zero-order chi connectivity index (χ0) is 5.11. The molecular weight excluding hydrogens is 149 g/mol. The van der Waals surface area contributed by atoms with Gasteiger partial charge in [-0.1, -0.05) is 6.07 Å². The largest absolute Gasteiger partial charge is 0.199 e. The van der Waals surface area contributed by atoms with E-state index in [1.807, 2.05) is 30.3 Å². The Morgan fingerprint density at radius 2 is 1.50 bits per heavy atom. The van der Waals surface area contributed by atoms with Gasteiger partial charge < -0.3 is 0 Å². The zero-order valence-electron chi connectivity index (χ0n) is 4.80. The molecule has 0 fully saturated rings. The Hall–Kier alpha value is -0.287. The summed E-state index contributed by atoms with van der Waals surface area (Å²) in [6.07, 6.45) is 0. The first-order valence-corrected chi connectivity index (χ1v) is 2.26. The minimum Gasteiger partial charge on any atom is -0.199 e. The third kappa shape index (κ3) is 2.13. The van der Waals surface area contributed by atoms with Crippen LogP contribution in [0.2, 0.25) is 0 Å². The van der Waals surface area contributed by atoms with Crippen LogP contribution in [0.1, 0.15) is 5.56 Å². The van der Waals surface area contributed by atoms with Crippen LogP contribution in [0.15, 0.2) is 30.3 Å². The topological polar surface area (TPSA) is 0 Å². The number of benzene rings is 1. The maximum atomic E-state index is 3.72. The molecule has 0 bridgehead atoms. The van der Waals surface area contributed by atoms with Crippen molar-refractivity contribution in [1.29, 1.82) is 0 Å². The number of hydrogen-bond donors (Lipinski definition) is 0. The van der Waals surface area contributed by atoms with Gasteiger partial charge in [-0.05, 0) is 0 Å². The Bertz CT molecular complexity index is 134. The summed E-state index contributed by atoms with van der Waals surface area (Å²) in [5.74, 6) is 0. The van der Waals surface area contributed by atoms with E-state index in [0.29, 0.717) is 0 Å². The molecule has 8 heavy (non-hydrogen) atoms. The van der Waals surface area contributed by atoms with Crippen LogP contribution in [0.4, 0.5) is 0 Å². The molecule has 1 heteroatoms. The number of hydrogen-bond acceptors (Lipinski definition) is 0. The second-order valence-electron chi connectivity index (χ2n) is 1.49. The maximum absolute atomic E-state index is 3.72. The molecule has 1 aromatic carbocycles. The predicted molar refractivity (Wildman–Crippen MR) is 30.9 cm³/mol. The van der Waals surface area contributed by atoms with Crippen LogP contribution < -0.4 is 0 Å². The Kier molecular flexibility index (Phi) is 3.55. The molecule has 0 aromatic heterocycles. The first-order chi connectivity index (χ1) is 3.39. The fourth-order valence-electron chi connectivity index (χ4n) is 0.478. The summed E-state index contributed by atoms with van der Waals surface area (Å²) < 4.78 is 0. The van der Waals surface area contributed by atoms with Crippen LogP contribution in [0.3, 0.4) is 0 Å². The van der Waals surface area contributed by atoms with Crippen LogP contribution in [-0.2, 0) is 19.5 Å². The molecular formula is C7H7Zn-. The Morgan fingerprint density at radius 1 is 1.00 bits per heavy atom. The molecule has 0 heterocycles. The van der Waals surface area contributed by atoms with E-state index >= 15 is 0 Å². The minimum atomic E-state index is 0. The van der Waals surface area contributed by atoms with Gasteiger partial charge in [-0.15, -0.1) is 12.1 Å². The van der Waals surface area contributed by atoms with Crippen LogP contribution in [-0.4, -0.2) is 0 Å². The summed E-state index contributed by atoms with van der Waals surface area (Å²) in [6.45, 7) is 3.72. The molecule has 0 aliphatic heterocycles. The predicted octanol–water partition coefficient (Wildman–Crippen LogP) is 1.87. The molecule has 0 radical (unpaired) electrons. The van der Waals surface area contributed by atoms with Gasteiger partial charge in [-0.2, -0.15) is 24.6 Å². The normalized spacial score (nSPS) is 7.50. The van der Waals surface area contributed by atoms with E-state index in [-0.39, 0.29) is 19.5 Å². The fraction of sp³-hybridized carbons (Fsp3) is 0. The smallest absolute Gasteiger partial charge is 0 e. The first kappa shape index (κ1) is 7.71. The van der Waals surface area contributed by atoms with E-state index in [1.54, 1.807) is 0 Å². The van der Waals surface area contributed by atoms with Crippen LogP contribution in [0.25, 0.3) is 0 Å². The molecule has 0 aliphatic rings. The summed E-state index contributed by atoms with van der Waals surface area (Å²) in [6, 6.07) is 9.87. The van der Waals surface area contributed by atoms with Crippen molar-refractivity contribution in [3.8, 4) is 0 Å². The standard InChI is InChI=1S/C7H7.Zn/c1-7-5-3-2-4-6-7;/h2-6H,1H2;/q-1;. The van der Waals surface area contributed by atoms with E-state index in [4.69, 9.17) is 0 Å². The van der Waals surface area contributed by atoms with Crippen LogP contribution >= 0.6 is 0 Å². The van der Waals surface area contributed by atoms with Gasteiger partial charge in [0.05, 0.1) is 0 Å². The molecule has 1 aromatic rings. The average molecular weight is 157 g/mol. The first-order valence-electron chi connectivity index (χ1n) is 2.26. The summed E-state index contributed by atoms with van der Waals surface area (Å²) >= 11 is 0. The van der Waals surface area contributed by atoms with Gasteiger partial charge in [-0.25, -0.2) is 0 Å². The van der Waals surface area contributed by atoms with E-state index < -0.39 is 0 Å². The Labute approximate surface area is 62.7 Å². The SMILES string of the molecule is [CH2-]c1ccccc1.[Zn]. The average Bonchev–Trinajstić information content (AvgIpc) is 1.69. The van der Waals surface area contributed by atoms with Gasteiger partial charge in [0, 0.05) is 19.5 Å². The van der Waals surface area contributed by atoms with Gasteiger partial charge in [0.2, 0.25) is 0 Å². The minimum absolute atomic E-state index is 0. The second-order valence-corrected chi connectivity index (χ2v) is 1.49. The third-order valence-corrected chi connectivity index (χ3v) is 0.843. The molecule has 0 N–H and O–H groups in total. The van der Waals surface area contributed by atoms with Crippen LogP contribution in [0, 0.1) is 6.92 Å². The van der Waals surface area contributed by atoms with E-state index in [2.05, 4.69) is 6.92 Å². The molecule has 0 nitrogen and oxygen atoms in total. The van der Waals surface area contributed by atoms with Crippen molar-refractivity contribution in [2.75, 3.05) is 0 Å². The van der Waals surface area contributed by atoms with E-state index in [1.165, 1.54) is 0 Å². The van der Waals surface area contributed by atoms with Crippen molar-refractivity contribution >= 4 is 0 Å². The molecule has 0 atom stereocenters. The van der Waals surface area contributed by atoms with Gasteiger partial charge in [0.25, 0.3) is 0 Å². The summed E-state index contributed by atoms with van der Waals surface area (Å²) in [5, 5.41) is 0. The van der Waals surface area contributed by atoms with Crippen molar-refractivity contribution in [3.63, 3.8) is 0 Å². The molecule has 0 unspecified atom stereocenters. The number of rotatable bonds is 0. The quantitative estimate of drug-likeness (QED) is 0.397. The van der Waals surface area contributed by atoms with Crippen molar-refractivity contribution in [2.24, 2.45) is 0 Å². The van der Waals surface area contributed by atoms with Gasteiger partial charge >= 0.3 is 0 Å². The molecule has 1 rings (SSSR count). The molecule has 0 amide bonds. The van der Waals surface area contributed by atoms with Gasteiger partial charge in [0.15, 0.2) is 0 Å². The molecule has 0 saturated heterocycles. The third-order valence-electron chi connectivity index (χ3n) is 0.843. The summed E-state index contributed by atoms with van der Waals surface area (Å²) in [7, 11) is 0. The molecule has 0 spiro atoms. The maximum Gasteiger partial charge on any atom is 0 e. The van der Waals surface area contributed by atoms with Crippen molar-refractivity contribution < 1.29 is 19.5 Å². The monoisotopic (exact) mass is 155 g/mol. The molecule has 0 saturated carbocycles. The molecule has 38 valence electrons. The van der Waals surface area contributed by atoms with Gasteiger partial charge in [-0.3, -0.25) is 0 Å². The Balaban J connectivity index is 0.000000490. The van der Waals surface area contributed by atoms with E-state index in [0.717, 1.165) is 5.56 Å². The van der Waals surface area contributed by atoms with Crippen molar-refractivity contribution in [2.45, 2.75) is 0 Å². The zero-order valence-corrected chi connectivity index (χ0v) is 7.77. The van der Waals surface area contributed by atoms with Crippen molar-refractivity contribution in [3.05, 3.63) is 42.8 Å².